The van der Waals surface area contributed by atoms with Gasteiger partial charge < -0.3 is 54.6 Å². The van der Waals surface area contributed by atoms with Crippen molar-refractivity contribution in [1.82, 2.24) is 16.0 Å². The van der Waals surface area contributed by atoms with E-state index in [1.807, 2.05) is 66.7 Å². The van der Waals surface area contributed by atoms with E-state index < -0.39 is 47.4 Å². The summed E-state index contributed by atoms with van der Waals surface area (Å²) in [5, 5.41) is 35.3. The molecule has 3 unspecified atom stereocenters. The van der Waals surface area contributed by atoms with Crippen molar-refractivity contribution in [3.05, 3.63) is 183 Å². The number of hydrogen-bond acceptors (Lipinski definition) is 13. The minimum atomic E-state index is -1.74. The van der Waals surface area contributed by atoms with Crippen molar-refractivity contribution in [1.29, 1.82) is 0 Å². The first kappa shape index (κ1) is 60.8. The fraction of sp³-hybridized carbons (Fsp3) is 0.414. The van der Waals surface area contributed by atoms with Crippen LogP contribution in [0.3, 0.4) is 0 Å². The first-order valence-corrected chi connectivity index (χ1v) is 26.0. The largest absolute Gasteiger partial charge is 0.479 e. The summed E-state index contributed by atoms with van der Waals surface area (Å²) in [6, 6.07) is 42.0. The molecule has 19 nitrogen and oxygen atoms in total. The molecule has 5 rings (SSSR count). The molecule has 0 fully saturated rings. The lowest BCUT2D eigenvalue weighted by molar-refractivity contribution is -0.147. The zero-order valence-corrected chi connectivity index (χ0v) is 43.8. The van der Waals surface area contributed by atoms with E-state index in [2.05, 4.69) is 86.7 Å². The lowest BCUT2D eigenvalue weighted by atomic mass is 9.76. The third-order valence-corrected chi connectivity index (χ3v) is 12.2. The molecule has 77 heavy (non-hydrogen) atoms. The molecule has 0 aliphatic heterocycles. The number of azide groups is 1. The fourth-order valence-corrected chi connectivity index (χ4v) is 8.24. The number of rotatable bonds is 39. The number of aliphatic hydroxyl groups excluding tert-OH is 1. The molecule has 0 aliphatic carbocycles. The molecule has 6 N–H and O–H groups in total. The van der Waals surface area contributed by atoms with Crippen LogP contribution in [0.4, 0.5) is 5.69 Å². The topological polar surface area (TPSA) is 261 Å². The lowest BCUT2D eigenvalue weighted by Gasteiger charge is -2.37. The number of carboxylic acids is 1. The molecule has 0 aromatic heterocycles. The highest BCUT2D eigenvalue weighted by Crippen LogP contribution is 2.37. The Balaban J connectivity index is 1.14. The summed E-state index contributed by atoms with van der Waals surface area (Å²) < 4.78 is 32.9. The average Bonchev–Trinajstić information content (AvgIpc) is 3.45. The van der Waals surface area contributed by atoms with Crippen molar-refractivity contribution in [3.63, 3.8) is 0 Å². The lowest BCUT2D eigenvalue weighted by Crippen LogP contribution is -2.53. The van der Waals surface area contributed by atoms with Crippen molar-refractivity contribution in [2.24, 2.45) is 5.11 Å². The summed E-state index contributed by atoms with van der Waals surface area (Å²) in [4.78, 5) is 55.9. The van der Waals surface area contributed by atoms with E-state index >= 15 is 0 Å². The molecule has 0 saturated carbocycles. The number of ether oxygens (including phenoxy) is 6. The van der Waals surface area contributed by atoms with Gasteiger partial charge in [-0.15, -0.1) is 0 Å². The van der Waals surface area contributed by atoms with E-state index in [-0.39, 0.29) is 51.2 Å². The smallest absolute Gasteiger partial charge is 0.337 e. The molecule has 0 radical (unpaired) electrons. The highest BCUT2D eigenvalue weighted by Gasteiger charge is 2.36. The van der Waals surface area contributed by atoms with Gasteiger partial charge in [0.05, 0.1) is 84.8 Å². The van der Waals surface area contributed by atoms with Crippen molar-refractivity contribution >= 4 is 29.4 Å². The summed E-state index contributed by atoms with van der Waals surface area (Å²) >= 11 is 0. The normalized spacial score (nSPS) is 12.4. The predicted molar refractivity (Wildman–Crippen MR) is 291 cm³/mol. The number of unbranched alkanes of at least 4 members (excludes halogenated alkanes) is 1. The first-order valence-electron chi connectivity index (χ1n) is 26.0. The number of carbonyl (C=O) groups is 4. The third-order valence-electron chi connectivity index (χ3n) is 12.2. The van der Waals surface area contributed by atoms with Crippen LogP contribution in [0.15, 0.2) is 145 Å². The van der Waals surface area contributed by atoms with Gasteiger partial charge in [-0.2, -0.15) is 0 Å². The van der Waals surface area contributed by atoms with Gasteiger partial charge in [0.15, 0.2) is 6.10 Å². The van der Waals surface area contributed by atoms with Crippen LogP contribution in [0.5, 0.6) is 0 Å². The molecular weight excluding hydrogens is 987 g/mol. The maximum atomic E-state index is 14.3. The van der Waals surface area contributed by atoms with E-state index in [4.69, 9.17) is 34.0 Å². The Morgan fingerprint density at radius 2 is 1.08 bits per heavy atom. The van der Waals surface area contributed by atoms with Gasteiger partial charge in [-0.1, -0.05) is 138 Å². The molecule has 412 valence electrons. The Morgan fingerprint density at radius 3 is 1.60 bits per heavy atom. The molecule has 0 heterocycles. The van der Waals surface area contributed by atoms with E-state index in [0.29, 0.717) is 84.5 Å². The van der Waals surface area contributed by atoms with Gasteiger partial charge >= 0.3 is 5.97 Å². The molecule has 5 aromatic rings. The Hall–Kier alpha value is -7.03. The maximum absolute atomic E-state index is 14.3. The minimum absolute atomic E-state index is 0.0289. The second-order valence-corrected chi connectivity index (χ2v) is 17.9. The number of amides is 3. The fourth-order valence-electron chi connectivity index (χ4n) is 8.24. The number of aliphatic carboxylic acids is 1. The predicted octanol–water partition coefficient (Wildman–Crippen LogP) is 6.82. The molecule has 0 aliphatic rings. The Labute approximate surface area is 450 Å². The summed E-state index contributed by atoms with van der Waals surface area (Å²) in [6.07, 6.45) is -0.239. The second kappa shape index (κ2) is 35.3. The number of aryl methyl sites for hydroxylation is 1. The van der Waals surface area contributed by atoms with E-state index in [9.17, 15) is 29.4 Å². The van der Waals surface area contributed by atoms with Gasteiger partial charge in [-0.05, 0) is 78.2 Å². The third kappa shape index (κ3) is 21.9. The van der Waals surface area contributed by atoms with Crippen LogP contribution in [0.1, 0.15) is 65.2 Å². The van der Waals surface area contributed by atoms with E-state index in [1.54, 1.807) is 0 Å². The molecular formula is C58H73N7O12. The van der Waals surface area contributed by atoms with Crippen LogP contribution in [0, 0.1) is 6.92 Å². The van der Waals surface area contributed by atoms with Gasteiger partial charge in [-0.3, -0.25) is 19.7 Å². The van der Waals surface area contributed by atoms with Gasteiger partial charge in [-0.25, -0.2) is 4.79 Å². The number of benzene rings is 5. The molecule has 3 atom stereocenters. The van der Waals surface area contributed by atoms with E-state index in [0.717, 1.165) is 27.8 Å². The average molecular weight is 1060 g/mol. The minimum Gasteiger partial charge on any atom is -0.479 e. The van der Waals surface area contributed by atoms with Crippen molar-refractivity contribution < 1.29 is 57.8 Å². The summed E-state index contributed by atoms with van der Waals surface area (Å²) in [6.45, 7) is 7.02. The molecule has 0 bridgehead atoms. The Bertz CT molecular complexity index is 2480. The van der Waals surface area contributed by atoms with Crippen LogP contribution >= 0.6 is 0 Å². The maximum Gasteiger partial charge on any atom is 0.337 e. The van der Waals surface area contributed by atoms with Crippen LogP contribution in [-0.2, 0) is 59.6 Å². The number of aliphatic hydroxyl groups is 1. The summed E-state index contributed by atoms with van der Waals surface area (Å²) in [5.74, 6) is -2.89. The van der Waals surface area contributed by atoms with Gasteiger partial charge in [0.1, 0.15) is 12.1 Å². The number of hydrogen-bond donors (Lipinski definition) is 6. The number of carboxylic acid groups (broad SMARTS) is 1. The molecule has 19 heteroatoms. The zero-order valence-electron chi connectivity index (χ0n) is 43.8. The quantitative estimate of drug-likeness (QED) is 0.00778. The second-order valence-electron chi connectivity index (χ2n) is 17.9. The standard InChI is InChI=1S/C58H73N7O12/c1-44-20-24-49(25-21-44)58(47-15-7-3-8-16-47,48-17-9-4-10-18-48)60-29-12-11-19-51(55(68)62-50-26-22-46(23-27-50)54(67)57(70)71)64-56(69)52(43-45-13-5-2-6-14-45)63-53(66)28-31-72-33-35-74-37-39-76-41-42-77-40-38-75-36-34-73-32-30-61-65-59/h2-10,13-18,20-27,51-52,54,60,67H,11-12,19,28-43H2,1H3,(H,62,68)(H,63,66)(H,64,69)(H,70,71). The zero-order chi connectivity index (χ0) is 54.8. The van der Waals surface area contributed by atoms with Gasteiger partial charge in [0, 0.05) is 30.0 Å². The summed E-state index contributed by atoms with van der Waals surface area (Å²) in [7, 11) is 0. The molecule has 0 saturated heterocycles. The van der Waals surface area contributed by atoms with Crippen LogP contribution < -0.4 is 21.3 Å². The first-order chi connectivity index (χ1) is 37.6. The number of nitrogens with one attached hydrogen (secondary N) is 4. The Morgan fingerprint density at radius 1 is 0.584 bits per heavy atom. The van der Waals surface area contributed by atoms with Crippen LogP contribution in [0.2, 0.25) is 0 Å². The highest BCUT2D eigenvalue weighted by atomic mass is 16.6. The van der Waals surface area contributed by atoms with E-state index in [1.165, 1.54) is 24.3 Å². The Kier molecular flexibility index (Phi) is 27.9. The summed E-state index contributed by atoms with van der Waals surface area (Å²) in [5.41, 5.74) is 13.1. The number of anilines is 1. The number of carbonyl (C=O) groups excluding carboxylic acids is 3. The highest BCUT2D eigenvalue weighted by molar-refractivity contribution is 5.98. The monoisotopic (exact) mass is 1060 g/mol. The number of nitrogens with zero attached hydrogens (tertiary/aromatic N) is 3. The van der Waals surface area contributed by atoms with Gasteiger partial charge in [0.2, 0.25) is 17.7 Å². The molecule has 3 amide bonds. The molecule has 5 aromatic carbocycles. The van der Waals surface area contributed by atoms with Crippen LogP contribution in [-0.4, -0.2) is 138 Å². The van der Waals surface area contributed by atoms with Gasteiger partial charge in [0.25, 0.3) is 0 Å². The van der Waals surface area contributed by atoms with Crippen molar-refractivity contribution in [3.8, 4) is 0 Å². The molecule has 0 spiro atoms. The van der Waals surface area contributed by atoms with Crippen LogP contribution in [0.25, 0.3) is 10.4 Å². The SMILES string of the molecule is Cc1ccc(C(NCCCCC(NC(=O)C(Cc2ccccc2)NC(=O)CCOCCOCCOCCOCCOCCOCCN=[N+]=[N-])C(=O)Nc2ccc(C(O)C(=O)O)cc2)(c2ccccc2)c2ccccc2)cc1. The van der Waals surface area contributed by atoms with Crippen molar-refractivity contribution in [2.75, 3.05) is 97.7 Å². The van der Waals surface area contributed by atoms with Crippen molar-refractivity contribution in [2.45, 2.75) is 62.8 Å².